The van der Waals surface area contributed by atoms with Gasteiger partial charge in [-0.05, 0) is 0 Å². The van der Waals surface area contributed by atoms with Crippen LogP contribution in [0, 0.1) is 0 Å². The van der Waals surface area contributed by atoms with Crippen molar-refractivity contribution in [3.8, 4) is 0 Å². The number of carbonyl (C=O) groups is 1. The van der Waals surface area contributed by atoms with Gasteiger partial charge in [-0.1, -0.05) is 18.2 Å². The Kier molecular flexibility index (Phi) is 2.46. The average molecular weight is 160 g/mol. The molecule has 0 aromatic heterocycles. The van der Waals surface area contributed by atoms with Crippen LogP contribution in [0.4, 0.5) is 0 Å². The minimum Gasteiger partial charge on any atom is -0.298 e. The summed E-state index contributed by atoms with van der Waals surface area (Å²) in [6, 6.07) is 0. The lowest BCUT2D eigenvalue weighted by atomic mass is 10.4. The molecule has 0 saturated carbocycles. The van der Waals surface area contributed by atoms with Gasteiger partial charge in [0.05, 0.1) is 6.54 Å². The first-order chi connectivity index (χ1) is 4.68. The van der Waals surface area contributed by atoms with Crippen molar-refractivity contribution in [2.75, 3.05) is 19.6 Å². The largest absolute Gasteiger partial charge is 0.298 e. The summed E-state index contributed by atoms with van der Waals surface area (Å²) in [5.74, 6) is 0.304. The topological polar surface area (TPSA) is 20.3 Å². The zero-order chi connectivity index (χ0) is 7.56. The molecule has 0 aromatic rings. The fourth-order valence-electron chi connectivity index (χ4n) is 1.07. The van der Waals surface area contributed by atoms with Gasteiger partial charge in [0.25, 0.3) is 0 Å². The quantitative estimate of drug-likeness (QED) is 0.600. The SMILES string of the molecule is C=C(Cl)CN1CCC(=O)C1. The van der Waals surface area contributed by atoms with Gasteiger partial charge in [0.15, 0.2) is 0 Å². The van der Waals surface area contributed by atoms with Crippen molar-refractivity contribution in [3.05, 3.63) is 11.6 Å². The molecule has 1 aliphatic heterocycles. The highest BCUT2D eigenvalue weighted by atomic mass is 35.5. The van der Waals surface area contributed by atoms with Crippen LogP contribution in [0.25, 0.3) is 0 Å². The van der Waals surface area contributed by atoms with Crippen molar-refractivity contribution in [1.82, 2.24) is 4.90 Å². The van der Waals surface area contributed by atoms with Gasteiger partial charge in [0.1, 0.15) is 5.78 Å². The number of carbonyl (C=O) groups excluding carboxylic acids is 1. The predicted molar refractivity (Wildman–Crippen MR) is 41.1 cm³/mol. The van der Waals surface area contributed by atoms with Crippen molar-refractivity contribution in [2.45, 2.75) is 6.42 Å². The number of likely N-dealkylation sites (tertiary alicyclic amines) is 1. The fourth-order valence-corrected chi connectivity index (χ4v) is 1.24. The highest BCUT2D eigenvalue weighted by molar-refractivity contribution is 6.29. The van der Waals surface area contributed by atoms with Crippen LogP contribution in [-0.4, -0.2) is 30.3 Å². The summed E-state index contributed by atoms with van der Waals surface area (Å²) in [4.78, 5) is 12.7. The molecule has 1 saturated heterocycles. The number of halogens is 1. The van der Waals surface area contributed by atoms with E-state index in [2.05, 4.69) is 6.58 Å². The van der Waals surface area contributed by atoms with Crippen LogP contribution in [-0.2, 0) is 4.79 Å². The first kappa shape index (κ1) is 7.76. The lowest BCUT2D eigenvalue weighted by Crippen LogP contribution is -2.21. The first-order valence-corrected chi connectivity index (χ1v) is 3.63. The van der Waals surface area contributed by atoms with Gasteiger partial charge >= 0.3 is 0 Å². The van der Waals surface area contributed by atoms with E-state index in [9.17, 15) is 4.79 Å². The van der Waals surface area contributed by atoms with E-state index in [0.29, 0.717) is 30.3 Å². The number of hydrogen-bond donors (Lipinski definition) is 0. The maximum Gasteiger partial charge on any atom is 0.148 e. The van der Waals surface area contributed by atoms with Gasteiger partial charge in [-0.15, -0.1) is 0 Å². The van der Waals surface area contributed by atoms with E-state index in [1.54, 1.807) is 0 Å². The zero-order valence-electron chi connectivity index (χ0n) is 5.77. The molecular formula is C7H10ClNO. The maximum absolute atomic E-state index is 10.7. The van der Waals surface area contributed by atoms with E-state index in [4.69, 9.17) is 11.6 Å². The molecule has 1 fully saturated rings. The van der Waals surface area contributed by atoms with Crippen LogP contribution < -0.4 is 0 Å². The molecule has 0 unspecified atom stereocenters. The first-order valence-electron chi connectivity index (χ1n) is 3.26. The molecule has 2 nitrogen and oxygen atoms in total. The molecular weight excluding hydrogens is 150 g/mol. The summed E-state index contributed by atoms with van der Waals surface area (Å²) in [6.45, 7) is 5.59. The van der Waals surface area contributed by atoms with Gasteiger partial charge in [0.2, 0.25) is 0 Å². The second-order valence-electron chi connectivity index (χ2n) is 2.52. The molecule has 0 aromatic carbocycles. The van der Waals surface area contributed by atoms with Crippen molar-refractivity contribution in [1.29, 1.82) is 0 Å². The third-order valence-corrected chi connectivity index (χ3v) is 1.62. The second kappa shape index (κ2) is 3.17. The minimum absolute atomic E-state index is 0.304. The minimum atomic E-state index is 0.304. The monoisotopic (exact) mass is 159 g/mol. The molecule has 0 aliphatic carbocycles. The molecule has 1 heterocycles. The molecule has 56 valence electrons. The smallest absolute Gasteiger partial charge is 0.148 e. The number of nitrogens with zero attached hydrogens (tertiary/aromatic N) is 1. The maximum atomic E-state index is 10.7. The van der Waals surface area contributed by atoms with Crippen LogP contribution in [0.15, 0.2) is 11.6 Å². The summed E-state index contributed by atoms with van der Waals surface area (Å²) in [6.07, 6.45) is 0.671. The Labute approximate surface area is 65.5 Å². The van der Waals surface area contributed by atoms with Crippen LogP contribution >= 0.6 is 11.6 Å². The van der Waals surface area contributed by atoms with Crippen LogP contribution in [0.5, 0.6) is 0 Å². The predicted octanol–water partition coefficient (Wildman–Crippen LogP) is 1.01. The summed E-state index contributed by atoms with van der Waals surface area (Å²) >= 11 is 5.56. The van der Waals surface area contributed by atoms with Gasteiger partial charge in [0, 0.05) is 24.5 Å². The van der Waals surface area contributed by atoms with E-state index >= 15 is 0 Å². The lowest BCUT2D eigenvalue weighted by Gasteiger charge is -2.10. The molecule has 1 rings (SSSR count). The van der Waals surface area contributed by atoms with Crippen LogP contribution in [0.1, 0.15) is 6.42 Å². The van der Waals surface area contributed by atoms with E-state index < -0.39 is 0 Å². The highest BCUT2D eigenvalue weighted by Gasteiger charge is 2.18. The molecule has 0 spiro atoms. The summed E-state index contributed by atoms with van der Waals surface area (Å²) < 4.78 is 0. The second-order valence-corrected chi connectivity index (χ2v) is 3.05. The molecule has 0 N–H and O–H groups in total. The Balaban J connectivity index is 2.31. The van der Waals surface area contributed by atoms with Gasteiger partial charge in [-0.3, -0.25) is 9.69 Å². The molecule has 3 heteroatoms. The van der Waals surface area contributed by atoms with E-state index in [1.165, 1.54) is 0 Å². The summed E-state index contributed by atoms with van der Waals surface area (Å²) in [5, 5.41) is 0.606. The molecule has 0 bridgehead atoms. The highest BCUT2D eigenvalue weighted by Crippen LogP contribution is 2.07. The van der Waals surface area contributed by atoms with Gasteiger partial charge < -0.3 is 0 Å². The Morgan fingerprint density at radius 2 is 2.50 bits per heavy atom. The van der Waals surface area contributed by atoms with E-state index in [-0.39, 0.29) is 0 Å². The van der Waals surface area contributed by atoms with Crippen molar-refractivity contribution in [3.63, 3.8) is 0 Å². The standard InChI is InChI=1S/C7H10ClNO/c1-6(8)4-9-3-2-7(10)5-9/h1-5H2. The van der Waals surface area contributed by atoms with E-state index in [0.717, 1.165) is 6.54 Å². The molecule has 0 radical (unpaired) electrons. The van der Waals surface area contributed by atoms with Gasteiger partial charge in [-0.2, -0.15) is 0 Å². The molecule has 0 amide bonds. The van der Waals surface area contributed by atoms with Gasteiger partial charge in [-0.25, -0.2) is 0 Å². The Hall–Kier alpha value is -0.340. The molecule has 1 aliphatic rings. The van der Waals surface area contributed by atoms with Crippen LogP contribution in [0.2, 0.25) is 0 Å². The average Bonchev–Trinajstić information content (AvgIpc) is 2.13. The van der Waals surface area contributed by atoms with Crippen LogP contribution in [0.3, 0.4) is 0 Å². The molecule has 0 atom stereocenters. The Bertz CT molecular complexity index is 167. The number of ketones is 1. The summed E-state index contributed by atoms with van der Waals surface area (Å²) in [5.41, 5.74) is 0. The lowest BCUT2D eigenvalue weighted by molar-refractivity contribution is -0.116. The fraction of sp³-hybridized carbons (Fsp3) is 0.571. The number of hydrogen-bond acceptors (Lipinski definition) is 2. The zero-order valence-corrected chi connectivity index (χ0v) is 6.52. The number of Topliss-reactive ketones (excluding diaryl/α,β-unsaturated/α-hetero) is 1. The van der Waals surface area contributed by atoms with E-state index in [1.807, 2.05) is 4.90 Å². The normalized spacial score (nSPS) is 19.9. The number of rotatable bonds is 2. The van der Waals surface area contributed by atoms with Crippen molar-refractivity contribution in [2.24, 2.45) is 0 Å². The summed E-state index contributed by atoms with van der Waals surface area (Å²) in [7, 11) is 0. The van der Waals surface area contributed by atoms with Crippen molar-refractivity contribution < 1.29 is 4.79 Å². The Morgan fingerprint density at radius 1 is 1.80 bits per heavy atom. The molecule has 10 heavy (non-hydrogen) atoms. The third-order valence-electron chi connectivity index (χ3n) is 1.50. The third kappa shape index (κ3) is 2.12. The van der Waals surface area contributed by atoms with Crippen molar-refractivity contribution >= 4 is 17.4 Å². The Morgan fingerprint density at radius 3 is 2.90 bits per heavy atom.